The molecule has 1 heterocycles. The summed E-state index contributed by atoms with van der Waals surface area (Å²) in [5.74, 6) is -0.0707. The number of aryl methyl sites for hydroxylation is 1. The summed E-state index contributed by atoms with van der Waals surface area (Å²) in [7, 11) is 1.82. The first-order chi connectivity index (χ1) is 12.0. The number of hydrogen-bond acceptors (Lipinski definition) is 7. The third kappa shape index (κ3) is 3.64. The van der Waals surface area contributed by atoms with Crippen LogP contribution in [-0.2, 0) is 0 Å². The Bertz CT molecular complexity index is 935. The van der Waals surface area contributed by atoms with Crippen LogP contribution in [-0.4, -0.2) is 21.9 Å². The Labute approximate surface area is 156 Å². The van der Waals surface area contributed by atoms with Crippen molar-refractivity contribution >= 4 is 42.3 Å². The minimum absolute atomic E-state index is 0.0707. The van der Waals surface area contributed by atoms with Crippen molar-refractivity contribution < 1.29 is 5.11 Å². The summed E-state index contributed by atoms with van der Waals surface area (Å²) in [6.07, 6.45) is 0. The zero-order chi connectivity index (χ0) is 18.0. The number of aromatic hydroxyl groups is 1. The molecule has 0 aliphatic carbocycles. The van der Waals surface area contributed by atoms with Crippen LogP contribution in [0, 0.1) is 6.92 Å². The minimum atomic E-state index is -0.0707. The van der Waals surface area contributed by atoms with E-state index in [2.05, 4.69) is 45.9 Å². The van der Waals surface area contributed by atoms with E-state index in [1.807, 2.05) is 49.5 Å². The number of anilines is 1. The molecule has 0 aliphatic heterocycles. The van der Waals surface area contributed by atoms with Gasteiger partial charge in [-0.25, -0.2) is 0 Å². The van der Waals surface area contributed by atoms with Crippen LogP contribution in [0.1, 0.15) is 5.69 Å². The molecule has 0 fully saturated rings. The number of rotatable bonds is 4. The SMILES string of the molecule is CNc1ccc(S)c(/N=N/c2c(C)nn(-c3ccc(S)cc3)c2O)c1. The van der Waals surface area contributed by atoms with Crippen molar-refractivity contribution in [2.24, 2.45) is 10.2 Å². The van der Waals surface area contributed by atoms with Gasteiger partial charge in [0.1, 0.15) is 5.69 Å². The highest BCUT2D eigenvalue weighted by atomic mass is 32.1. The van der Waals surface area contributed by atoms with Crippen molar-refractivity contribution in [3.05, 3.63) is 48.2 Å². The van der Waals surface area contributed by atoms with E-state index < -0.39 is 0 Å². The largest absolute Gasteiger partial charge is 0.492 e. The van der Waals surface area contributed by atoms with Crippen molar-refractivity contribution in [1.29, 1.82) is 0 Å². The highest BCUT2D eigenvalue weighted by Gasteiger charge is 2.15. The van der Waals surface area contributed by atoms with E-state index in [1.165, 1.54) is 4.68 Å². The van der Waals surface area contributed by atoms with Gasteiger partial charge < -0.3 is 10.4 Å². The fourth-order valence-electron chi connectivity index (χ4n) is 2.26. The molecule has 6 nitrogen and oxygen atoms in total. The molecule has 0 unspecified atom stereocenters. The monoisotopic (exact) mass is 371 g/mol. The lowest BCUT2D eigenvalue weighted by molar-refractivity contribution is 0.434. The van der Waals surface area contributed by atoms with Gasteiger partial charge in [0.2, 0.25) is 5.88 Å². The third-order valence-corrected chi connectivity index (χ3v) is 4.30. The van der Waals surface area contributed by atoms with Crippen LogP contribution < -0.4 is 5.32 Å². The van der Waals surface area contributed by atoms with E-state index in [-0.39, 0.29) is 5.88 Å². The summed E-state index contributed by atoms with van der Waals surface area (Å²) < 4.78 is 1.42. The molecule has 128 valence electrons. The highest BCUT2D eigenvalue weighted by Crippen LogP contribution is 2.35. The van der Waals surface area contributed by atoms with Gasteiger partial charge in [0.15, 0.2) is 5.69 Å². The van der Waals surface area contributed by atoms with E-state index in [0.29, 0.717) is 27.7 Å². The molecule has 8 heteroatoms. The second-order valence-electron chi connectivity index (χ2n) is 5.34. The van der Waals surface area contributed by atoms with Gasteiger partial charge in [-0.3, -0.25) is 0 Å². The van der Waals surface area contributed by atoms with Crippen LogP contribution in [0.4, 0.5) is 17.1 Å². The Kier molecular flexibility index (Phi) is 5.00. The molecule has 2 N–H and O–H groups in total. The van der Waals surface area contributed by atoms with Crippen molar-refractivity contribution in [2.75, 3.05) is 12.4 Å². The van der Waals surface area contributed by atoms with Gasteiger partial charge in [-0.2, -0.15) is 9.78 Å². The Balaban J connectivity index is 1.97. The first-order valence-corrected chi connectivity index (χ1v) is 8.39. The summed E-state index contributed by atoms with van der Waals surface area (Å²) in [5.41, 5.74) is 3.10. The Hall–Kier alpha value is -2.45. The molecule has 25 heavy (non-hydrogen) atoms. The summed E-state index contributed by atoms with van der Waals surface area (Å²) in [4.78, 5) is 1.52. The molecule has 3 aromatic rings. The summed E-state index contributed by atoms with van der Waals surface area (Å²) in [5, 5.41) is 26.2. The third-order valence-electron chi connectivity index (χ3n) is 3.62. The van der Waals surface area contributed by atoms with Crippen LogP contribution >= 0.6 is 25.3 Å². The lowest BCUT2D eigenvalue weighted by atomic mass is 10.3. The minimum Gasteiger partial charge on any atom is -0.492 e. The number of benzene rings is 2. The Morgan fingerprint density at radius 3 is 2.48 bits per heavy atom. The van der Waals surface area contributed by atoms with Gasteiger partial charge >= 0.3 is 0 Å². The highest BCUT2D eigenvalue weighted by molar-refractivity contribution is 7.80. The van der Waals surface area contributed by atoms with Crippen molar-refractivity contribution in [1.82, 2.24) is 9.78 Å². The molecular formula is C17H17N5OS2. The fourth-order valence-corrected chi connectivity index (χ4v) is 2.59. The molecule has 0 atom stereocenters. The molecule has 1 aromatic heterocycles. The molecule has 0 saturated heterocycles. The number of nitrogens with zero attached hydrogens (tertiary/aromatic N) is 4. The molecule has 2 aromatic carbocycles. The smallest absolute Gasteiger partial charge is 0.243 e. The second kappa shape index (κ2) is 7.20. The molecule has 0 bridgehead atoms. The average Bonchev–Trinajstić information content (AvgIpc) is 2.89. The van der Waals surface area contributed by atoms with Crippen molar-refractivity contribution in [3.63, 3.8) is 0 Å². The van der Waals surface area contributed by atoms with Crippen LogP contribution in [0.3, 0.4) is 0 Å². The molecule has 0 spiro atoms. The van der Waals surface area contributed by atoms with E-state index in [4.69, 9.17) is 0 Å². The van der Waals surface area contributed by atoms with Crippen LogP contribution in [0.15, 0.2) is 62.5 Å². The van der Waals surface area contributed by atoms with E-state index >= 15 is 0 Å². The number of thiol groups is 2. The standard InChI is InChI=1S/C17H17N5OS2/c1-10-16(20-19-14-9-11(18-2)3-8-15(14)25)17(23)22(21-10)12-4-6-13(24)7-5-12/h3-9,18,23-25H,1-2H3/b20-19+. The zero-order valence-corrected chi connectivity index (χ0v) is 15.5. The second-order valence-corrected chi connectivity index (χ2v) is 6.34. The van der Waals surface area contributed by atoms with E-state index in [9.17, 15) is 5.11 Å². The quantitative estimate of drug-likeness (QED) is 0.388. The van der Waals surface area contributed by atoms with Crippen molar-refractivity contribution in [2.45, 2.75) is 16.7 Å². The summed E-state index contributed by atoms with van der Waals surface area (Å²) >= 11 is 8.64. The molecule has 3 rings (SSSR count). The number of aromatic nitrogens is 2. The average molecular weight is 371 g/mol. The lowest BCUT2D eigenvalue weighted by Crippen LogP contribution is -1.95. The van der Waals surface area contributed by atoms with Gasteiger partial charge in [-0.1, -0.05) is 0 Å². The number of nitrogens with one attached hydrogen (secondary N) is 1. The van der Waals surface area contributed by atoms with Gasteiger partial charge in [0, 0.05) is 22.5 Å². The first kappa shape index (κ1) is 17.4. The maximum Gasteiger partial charge on any atom is 0.243 e. The van der Waals surface area contributed by atoms with E-state index in [0.717, 1.165) is 10.6 Å². The summed E-state index contributed by atoms with van der Waals surface area (Å²) in [6.45, 7) is 1.77. The Morgan fingerprint density at radius 1 is 1.08 bits per heavy atom. The van der Waals surface area contributed by atoms with Gasteiger partial charge in [-0.05, 0) is 49.4 Å². The van der Waals surface area contributed by atoms with Gasteiger partial charge in [0.05, 0.1) is 11.4 Å². The fraction of sp³-hybridized carbons (Fsp3) is 0.118. The topological polar surface area (TPSA) is 74.8 Å². The van der Waals surface area contributed by atoms with Crippen molar-refractivity contribution in [3.8, 4) is 11.6 Å². The Morgan fingerprint density at radius 2 is 1.80 bits per heavy atom. The van der Waals surface area contributed by atoms with Crippen LogP contribution in [0.2, 0.25) is 0 Å². The molecular weight excluding hydrogens is 354 g/mol. The number of hydrogen-bond donors (Lipinski definition) is 4. The predicted octanol–water partition coefficient (Wildman–Crippen LogP) is 4.92. The molecule has 0 saturated carbocycles. The molecule has 0 radical (unpaired) electrons. The summed E-state index contributed by atoms with van der Waals surface area (Å²) in [6, 6.07) is 12.8. The van der Waals surface area contributed by atoms with E-state index in [1.54, 1.807) is 6.92 Å². The zero-order valence-electron chi connectivity index (χ0n) is 13.7. The van der Waals surface area contributed by atoms with Crippen LogP contribution in [0.25, 0.3) is 5.69 Å². The lowest BCUT2D eigenvalue weighted by Gasteiger charge is -2.03. The number of azo groups is 1. The van der Waals surface area contributed by atoms with Crippen LogP contribution in [0.5, 0.6) is 5.88 Å². The maximum atomic E-state index is 10.5. The first-order valence-electron chi connectivity index (χ1n) is 7.50. The maximum absolute atomic E-state index is 10.5. The normalized spacial score (nSPS) is 11.2. The van der Waals surface area contributed by atoms with Gasteiger partial charge in [-0.15, -0.1) is 35.5 Å². The molecule has 0 aliphatic rings. The predicted molar refractivity (Wildman–Crippen MR) is 105 cm³/mol. The van der Waals surface area contributed by atoms with Gasteiger partial charge in [0.25, 0.3) is 0 Å². The molecule has 0 amide bonds.